The summed E-state index contributed by atoms with van der Waals surface area (Å²) in [6.07, 6.45) is 2.78. The van der Waals surface area contributed by atoms with Gasteiger partial charge in [-0.3, -0.25) is 10.8 Å². The Morgan fingerprint density at radius 2 is 2.26 bits per heavy atom. The minimum atomic E-state index is -3.63. The second-order valence-electron chi connectivity index (χ2n) is 4.96. The van der Waals surface area contributed by atoms with Crippen molar-refractivity contribution in [3.05, 3.63) is 18.5 Å². The summed E-state index contributed by atoms with van der Waals surface area (Å²) in [7, 11) is -3.63. The fraction of sp³-hybridized carbons (Fsp3) is 0.545. The zero-order valence-electron chi connectivity index (χ0n) is 11.0. The van der Waals surface area contributed by atoms with Gasteiger partial charge in [0.1, 0.15) is 4.90 Å². The largest absolute Gasteiger partial charge is 0.373 e. The predicted molar refractivity (Wildman–Crippen MR) is 70.8 cm³/mol. The Balaban J connectivity index is 2.37. The highest BCUT2D eigenvalue weighted by molar-refractivity contribution is 7.89. The van der Waals surface area contributed by atoms with Crippen LogP contribution in [0, 0.1) is 0 Å². The molecule has 1 aliphatic heterocycles. The van der Waals surface area contributed by atoms with Gasteiger partial charge in [0.25, 0.3) is 0 Å². The van der Waals surface area contributed by atoms with Crippen molar-refractivity contribution in [2.45, 2.75) is 24.3 Å². The number of morpholine rings is 1. The molecule has 19 heavy (non-hydrogen) atoms. The Labute approximate surface area is 112 Å². The van der Waals surface area contributed by atoms with Crippen molar-refractivity contribution in [1.82, 2.24) is 9.29 Å². The summed E-state index contributed by atoms with van der Waals surface area (Å²) in [4.78, 5) is 3.94. The van der Waals surface area contributed by atoms with Crippen LogP contribution < -0.4 is 11.3 Å². The molecule has 3 N–H and O–H groups in total. The first-order valence-corrected chi connectivity index (χ1v) is 7.35. The highest BCUT2D eigenvalue weighted by Crippen LogP contribution is 2.26. The minimum absolute atomic E-state index is 0.0789. The zero-order chi connectivity index (χ0) is 14.1. The third kappa shape index (κ3) is 2.86. The number of nitrogens with zero attached hydrogens (tertiary/aromatic N) is 2. The van der Waals surface area contributed by atoms with Crippen molar-refractivity contribution >= 4 is 15.7 Å². The van der Waals surface area contributed by atoms with Gasteiger partial charge in [-0.15, -0.1) is 0 Å². The molecule has 8 heteroatoms. The van der Waals surface area contributed by atoms with Crippen LogP contribution in [0.3, 0.4) is 0 Å². The lowest BCUT2D eigenvalue weighted by Gasteiger charge is -2.37. The molecule has 2 rings (SSSR count). The quantitative estimate of drug-likeness (QED) is 0.607. The summed E-state index contributed by atoms with van der Waals surface area (Å²) in [5.41, 5.74) is 2.22. The van der Waals surface area contributed by atoms with Crippen molar-refractivity contribution < 1.29 is 13.2 Å². The molecule has 0 unspecified atom stereocenters. The molecule has 106 valence electrons. The molecule has 0 saturated carbocycles. The van der Waals surface area contributed by atoms with Crippen molar-refractivity contribution in [3.63, 3.8) is 0 Å². The zero-order valence-corrected chi connectivity index (χ0v) is 11.8. The number of aromatic nitrogens is 1. The van der Waals surface area contributed by atoms with Crippen molar-refractivity contribution in [2.75, 3.05) is 25.1 Å². The van der Waals surface area contributed by atoms with E-state index in [1.54, 1.807) is 0 Å². The Hall–Kier alpha value is -1.22. The normalized spacial score (nSPS) is 20.2. The number of hydrogen-bond acceptors (Lipinski definition) is 6. The van der Waals surface area contributed by atoms with Gasteiger partial charge in [-0.25, -0.2) is 8.42 Å². The Morgan fingerprint density at radius 1 is 1.53 bits per heavy atom. The SMILES string of the molecule is CC1(C)CN(S(=O)(=O)c2cnccc2NN)CCO1. The van der Waals surface area contributed by atoms with Crippen molar-refractivity contribution in [3.8, 4) is 0 Å². The third-order valence-corrected chi connectivity index (χ3v) is 4.82. The van der Waals surface area contributed by atoms with Crippen LogP contribution in [-0.4, -0.2) is 43.0 Å². The lowest BCUT2D eigenvalue weighted by atomic mass is 10.1. The monoisotopic (exact) mass is 286 g/mol. The molecular weight excluding hydrogens is 268 g/mol. The molecule has 0 aromatic carbocycles. The summed E-state index contributed by atoms with van der Waals surface area (Å²) in [5.74, 6) is 5.34. The van der Waals surface area contributed by atoms with Crippen LogP contribution in [0.15, 0.2) is 23.4 Å². The van der Waals surface area contributed by atoms with Gasteiger partial charge >= 0.3 is 0 Å². The predicted octanol–water partition coefficient (Wildman–Crippen LogP) is 0.167. The van der Waals surface area contributed by atoms with Gasteiger partial charge in [0.2, 0.25) is 10.0 Å². The molecule has 0 atom stereocenters. The fourth-order valence-corrected chi connectivity index (χ4v) is 3.70. The summed E-state index contributed by atoms with van der Waals surface area (Å²) in [6, 6.07) is 1.53. The highest BCUT2D eigenvalue weighted by Gasteiger charge is 2.36. The molecular formula is C11H18N4O3S. The van der Waals surface area contributed by atoms with Gasteiger partial charge < -0.3 is 10.2 Å². The molecule has 0 bridgehead atoms. The number of ether oxygens (including phenoxy) is 1. The summed E-state index contributed by atoms with van der Waals surface area (Å²) < 4.78 is 32.1. The van der Waals surface area contributed by atoms with Crippen LogP contribution in [0.25, 0.3) is 0 Å². The number of sulfonamides is 1. The first-order chi connectivity index (χ1) is 8.87. The van der Waals surface area contributed by atoms with Gasteiger partial charge in [0, 0.05) is 25.5 Å². The van der Waals surface area contributed by atoms with E-state index in [-0.39, 0.29) is 4.90 Å². The molecule has 2 heterocycles. The minimum Gasteiger partial charge on any atom is -0.373 e. The van der Waals surface area contributed by atoms with Crippen molar-refractivity contribution in [1.29, 1.82) is 0 Å². The molecule has 1 fully saturated rings. The van der Waals surface area contributed by atoms with E-state index in [4.69, 9.17) is 10.6 Å². The average Bonchev–Trinajstić information content (AvgIpc) is 2.37. The number of hydrazine groups is 1. The van der Waals surface area contributed by atoms with E-state index >= 15 is 0 Å². The van der Waals surface area contributed by atoms with Crippen LogP contribution in [0.5, 0.6) is 0 Å². The number of rotatable bonds is 3. The molecule has 7 nitrogen and oxygen atoms in total. The number of hydrogen-bond donors (Lipinski definition) is 2. The number of nitrogens with one attached hydrogen (secondary N) is 1. The van der Waals surface area contributed by atoms with Crippen LogP contribution in [0.4, 0.5) is 5.69 Å². The molecule has 1 aromatic heterocycles. The molecule has 1 aromatic rings. The van der Waals surface area contributed by atoms with Crippen molar-refractivity contribution in [2.24, 2.45) is 5.84 Å². The van der Waals surface area contributed by atoms with E-state index in [9.17, 15) is 8.42 Å². The van der Waals surface area contributed by atoms with E-state index in [0.29, 0.717) is 25.4 Å². The maximum absolute atomic E-state index is 12.6. The number of pyridine rings is 1. The molecule has 0 amide bonds. The lowest BCUT2D eigenvalue weighted by Crippen LogP contribution is -2.50. The van der Waals surface area contributed by atoms with E-state index in [1.165, 1.54) is 22.8 Å². The summed E-state index contributed by atoms with van der Waals surface area (Å²) in [5, 5.41) is 0. The second kappa shape index (κ2) is 5.04. The number of nitrogen functional groups attached to an aromatic ring is 1. The van der Waals surface area contributed by atoms with Gasteiger partial charge in [-0.05, 0) is 19.9 Å². The molecule has 0 radical (unpaired) electrons. The van der Waals surface area contributed by atoms with Crippen LogP contribution in [0.1, 0.15) is 13.8 Å². The molecule has 0 aliphatic carbocycles. The molecule has 1 saturated heterocycles. The molecule has 1 aliphatic rings. The second-order valence-corrected chi connectivity index (χ2v) is 6.87. The van der Waals surface area contributed by atoms with Gasteiger partial charge in [-0.1, -0.05) is 0 Å². The maximum Gasteiger partial charge on any atom is 0.246 e. The van der Waals surface area contributed by atoms with Crippen LogP contribution in [0.2, 0.25) is 0 Å². The number of anilines is 1. The Kier molecular flexibility index (Phi) is 3.77. The smallest absolute Gasteiger partial charge is 0.246 e. The summed E-state index contributed by atoms with van der Waals surface area (Å²) in [6.45, 7) is 4.72. The lowest BCUT2D eigenvalue weighted by molar-refractivity contribution is -0.0640. The topological polar surface area (TPSA) is 97.6 Å². The van der Waals surface area contributed by atoms with E-state index in [1.807, 2.05) is 13.8 Å². The van der Waals surface area contributed by atoms with Gasteiger partial charge in [0.15, 0.2) is 0 Å². The van der Waals surface area contributed by atoms with Crippen LogP contribution >= 0.6 is 0 Å². The standard InChI is InChI=1S/C11H18N4O3S/c1-11(2)8-15(5-6-18-11)19(16,17)10-7-13-4-3-9(10)14-12/h3-4,7H,5-6,8,12H2,1-2H3,(H,13,14). The third-order valence-electron chi connectivity index (χ3n) is 2.95. The van der Waals surface area contributed by atoms with Crippen LogP contribution in [-0.2, 0) is 14.8 Å². The first-order valence-electron chi connectivity index (χ1n) is 5.91. The Morgan fingerprint density at radius 3 is 2.89 bits per heavy atom. The van der Waals surface area contributed by atoms with Gasteiger partial charge in [-0.2, -0.15) is 4.31 Å². The molecule has 0 spiro atoms. The van der Waals surface area contributed by atoms with E-state index in [2.05, 4.69) is 10.4 Å². The van der Waals surface area contributed by atoms with E-state index < -0.39 is 15.6 Å². The van der Waals surface area contributed by atoms with E-state index in [0.717, 1.165) is 0 Å². The number of nitrogens with two attached hydrogens (primary N) is 1. The maximum atomic E-state index is 12.6. The fourth-order valence-electron chi connectivity index (χ4n) is 2.02. The summed E-state index contributed by atoms with van der Waals surface area (Å²) >= 11 is 0. The Bertz CT molecular complexity index is 559. The average molecular weight is 286 g/mol. The first kappa shape index (κ1) is 14.2. The van der Waals surface area contributed by atoms with Gasteiger partial charge in [0.05, 0.1) is 17.9 Å². The highest BCUT2D eigenvalue weighted by atomic mass is 32.2.